The first-order valence-corrected chi connectivity index (χ1v) is 11.5. The number of benzene rings is 3. The normalized spacial score (nSPS) is 15.5. The summed E-state index contributed by atoms with van der Waals surface area (Å²) in [5.41, 5.74) is 5.44. The molecule has 1 N–H and O–H groups in total. The Labute approximate surface area is 199 Å². The molecule has 168 valence electrons. The molecule has 0 radical (unpaired) electrons. The molecule has 4 aromatic rings. The van der Waals surface area contributed by atoms with Crippen molar-refractivity contribution in [1.29, 1.82) is 0 Å². The highest BCUT2D eigenvalue weighted by molar-refractivity contribution is 9.10. The smallest absolute Gasteiger partial charge is 0.387 e. The Kier molecular flexibility index (Phi) is 5.66. The molecule has 33 heavy (non-hydrogen) atoms. The van der Waals surface area contributed by atoms with Crippen molar-refractivity contribution in [3.05, 3.63) is 94.0 Å². The van der Waals surface area contributed by atoms with Crippen LogP contribution in [0.2, 0.25) is 0 Å². The van der Waals surface area contributed by atoms with Crippen LogP contribution in [0.3, 0.4) is 0 Å². The fraction of sp³-hybridized carbons (Fsp3) is 0.192. The number of halogens is 3. The zero-order chi connectivity index (χ0) is 23.1. The fourth-order valence-electron chi connectivity index (χ4n) is 4.21. The first kappa shape index (κ1) is 21.6. The number of anilines is 1. The number of allylic oxidation sites excluding steroid dienone is 1. The van der Waals surface area contributed by atoms with E-state index in [1.54, 1.807) is 12.1 Å². The predicted molar refractivity (Wildman–Crippen MR) is 131 cm³/mol. The number of hydrogen-bond acceptors (Lipinski definition) is 3. The lowest BCUT2D eigenvalue weighted by Gasteiger charge is -2.28. The van der Waals surface area contributed by atoms with Gasteiger partial charge in [-0.1, -0.05) is 66.2 Å². The second-order valence-corrected chi connectivity index (χ2v) is 9.20. The molecule has 0 saturated heterocycles. The maximum atomic E-state index is 13.2. The largest absolute Gasteiger partial charge is 0.434 e. The third kappa shape index (κ3) is 4.13. The Morgan fingerprint density at radius 2 is 1.79 bits per heavy atom. The lowest BCUT2D eigenvalue weighted by Crippen LogP contribution is -2.20. The molecular weight excluding hydrogens is 488 g/mol. The standard InChI is InChI=1S/C26H22BrF2N3O/c1-15(2)16-7-9-17(10-8-16)21-14-23(19-13-18(27)11-12-24(19)33-25(28)29)32-22-6-4-3-5-20(22)30-26(32)31-21/h3-15,23,25H,1-2H3,(H,30,31). The summed E-state index contributed by atoms with van der Waals surface area (Å²) in [6.07, 6.45) is 2.03. The van der Waals surface area contributed by atoms with Gasteiger partial charge in [0.05, 0.1) is 17.1 Å². The SMILES string of the molecule is CC(C)c1ccc(C2=CC(c3cc(Br)ccc3OC(F)F)n3c(nc4ccccc43)N2)cc1. The van der Waals surface area contributed by atoms with Gasteiger partial charge in [0.25, 0.3) is 0 Å². The van der Waals surface area contributed by atoms with Crippen LogP contribution in [0.1, 0.15) is 42.5 Å². The van der Waals surface area contributed by atoms with Crippen molar-refractivity contribution in [2.75, 3.05) is 5.32 Å². The topological polar surface area (TPSA) is 39.1 Å². The molecule has 0 spiro atoms. The summed E-state index contributed by atoms with van der Waals surface area (Å²) in [5, 5.41) is 3.44. The van der Waals surface area contributed by atoms with E-state index in [9.17, 15) is 8.78 Å². The van der Waals surface area contributed by atoms with Crippen molar-refractivity contribution >= 4 is 38.6 Å². The zero-order valence-corrected chi connectivity index (χ0v) is 19.7. The van der Waals surface area contributed by atoms with Crippen LogP contribution in [0.25, 0.3) is 16.7 Å². The molecule has 0 amide bonds. The van der Waals surface area contributed by atoms with Crippen LogP contribution in [0, 0.1) is 0 Å². The molecule has 1 aliphatic rings. The van der Waals surface area contributed by atoms with Gasteiger partial charge in [0, 0.05) is 15.7 Å². The van der Waals surface area contributed by atoms with Gasteiger partial charge in [-0.2, -0.15) is 8.78 Å². The van der Waals surface area contributed by atoms with E-state index in [4.69, 9.17) is 9.72 Å². The van der Waals surface area contributed by atoms with Crippen molar-refractivity contribution < 1.29 is 13.5 Å². The molecule has 2 heterocycles. The second kappa shape index (κ2) is 8.63. The third-order valence-corrected chi connectivity index (χ3v) is 6.33. The van der Waals surface area contributed by atoms with Gasteiger partial charge in [0.1, 0.15) is 5.75 Å². The highest BCUT2D eigenvalue weighted by Gasteiger charge is 2.28. The molecule has 1 atom stereocenters. The first-order chi connectivity index (χ1) is 15.9. The van der Waals surface area contributed by atoms with Crippen LogP contribution in [0.15, 0.2) is 77.3 Å². The Morgan fingerprint density at radius 3 is 2.52 bits per heavy atom. The summed E-state index contributed by atoms with van der Waals surface area (Å²) in [7, 11) is 0. The second-order valence-electron chi connectivity index (χ2n) is 8.28. The Hall–Kier alpha value is -3.19. The number of para-hydroxylation sites is 2. The van der Waals surface area contributed by atoms with E-state index < -0.39 is 12.7 Å². The average molecular weight is 510 g/mol. The number of alkyl halides is 2. The van der Waals surface area contributed by atoms with E-state index in [0.717, 1.165) is 26.8 Å². The van der Waals surface area contributed by atoms with E-state index >= 15 is 0 Å². The molecule has 1 aliphatic heterocycles. The summed E-state index contributed by atoms with van der Waals surface area (Å²) in [6, 6.07) is 20.8. The summed E-state index contributed by atoms with van der Waals surface area (Å²) in [6.45, 7) is 1.39. The Morgan fingerprint density at radius 1 is 1.03 bits per heavy atom. The molecular formula is C26H22BrF2N3O. The molecule has 5 rings (SSSR count). The summed E-state index contributed by atoms with van der Waals surface area (Å²) >= 11 is 3.49. The molecule has 0 saturated carbocycles. The summed E-state index contributed by atoms with van der Waals surface area (Å²) < 4.78 is 34.1. The van der Waals surface area contributed by atoms with Gasteiger partial charge in [0.2, 0.25) is 5.95 Å². The number of hydrogen-bond donors (Lipinski definition) is 1. The van der Waals surface area contributed by atoms with Gasteiger partial charge < -0.3 is 10.1 Å². The quantitative estimate of drug-likeness (QED) is 0.301. The molecule has 3 aromatic carbocycles. The third-order valence-electron chi connectivity index (χ3n) is 5.84. The monoisotopic (exact) mass is 509 g/mol. The minimum absolute atomic E-state index is 0.134. The average Bonchev–Trinajstić information content (AvgIpc) is 3.18. The van der Waals surface area contributed by atoms with Crippen LogP contribution in [0.4, 0.5) is 14.7 Å². The van der Waals surface area contributed by atoms with Crippen LogP contribution >= 0.6 is 15.9 Å². The van der Waals surface area contributed by atoms with E-state index in [1.165, 1.54) is 5.56 Å². The van der Waals surface area contributed by atoms with Crippen molar-refractivity contribution in [1.82, 2.24) is 9.55 Å². The zero-order valence-electron chi connectivity index (χ0n) is 18.1. The number of nitrogens with zero attached hydrogens (tertiary/aromatic N) is 2. The number of aromatic nitrogens is 2. The molecule has 0 aliphatic carbocycles. The maximum absolute atomic E-state index is 13.2. The predicted octanol–water partition coefficient (Wildman–Crippen LogP) is 7.58. The van der Waals surface area contributed by atoms with Gasteiger partial charge in [-0.3, -0.25) is 4.57 Å². The van der Waals surface area contributed by atoms with Gasteiger partial charge >= 0.3 is 6.61 Å². The van der Waals surface area contributed by atoms with E-state index in [-0.39, 0.29) is 5.75 Å². The maximum Gasteiger partial charge on any atom is 0.387 e. The Balaban J connectivity index is 1.70. The Bertz CT molecular complexity index is 1350. The van der Waals surface area contributed by atoms with Crippen LogP contribution in [-0.2, 0) is 0 Å². The van der Waals surface area contributed by atoms with Crippen molar-refractivity contribution in [2.24, 2.45) is 0 Å². The number of ether oxygens (including phenoxy) is 1. The van der Waals surface area contributed by atoms with Crippen molar-refractivity contribution in [3.63, 3.8) is 0 Å². The summed E-state index contributed by atoms with van der Waals surface area (Å²) in [4.78, 5) is 4.77. The minimum Gasteiger partial charge on any atom is -0.434 e. The van der Waals surface area contributed by atoms with Crippen LogP contribution in [0.5, 0.6) is 5.75 Å². The van der Waals surface area contributed by atoms with Gasteiger partial charge in [-0.15, -0.1) is 0 Å². The molecule has 1 aromatic heterocycles. The number of imidazole rings is 1. The van der Waals surface area contributed by atoms with E-state index in [2.05, 4.69) is 59.4 Å². The number of nitrogens with one attached hydrogen (secondary N) is 1. The number of fused-ring (bicyclic) bond motifs is 3. The van der Waals surface area contributed by atoms with Gasteiger partial charge in [-0.05, 0) is 53.5 Å². The van der Waals surface area contributed by atoms with E-state index in [1.807, 2.05) is 41.0 Å². The van der Waals surface area contributed by atoms with Crippen LogP contribution in [-0.4, -0.2) is 16.2 Å². The van der Waals surface area contributed by atoms with Gasteiger partial charge in [0.15, 0.2) is 0 Å². The highest BCUT2D eigenvalue weighted by atomic mass is 79.9. The lowest BCUT2D eigenvalue weighted by molar-refractivity contribution is -0.0505. The summed E-state index contributed by atoms with van der Waals surface area (Å²) in [5.74, 6) is 1.21. The molecule has 7 heteroatoms. The lowest BCUT2D eigenvalue weighted by atomic mass is 9.97. The fourth-order valence-corrected chi connectivity index (χ4v) is 4.59. The number of rotatable bonds is 5. The van der Waals surface area contributed by atoms with Crippen molar-refractivity contribution in [3.8, 4) is 5.75 Å². The molecule has 0 bridgehead atoms. The van der Waals surface area contributed by atoms with E-state index in [0.29, 0.717) is 17.4 Å². The molecule has 0 fully saturated rings. The highest BCUT2D eigenvalue weighted by Crippen LogP contribution is 2.41. The van der Waals surface area contributed by atoms with Crippen LogP contribution < -0.4 is 10.1 Å². The van der Waals surface area contributed by atoms with Crippen molar-refractivity contribution in [2.45, 2.75) is 32.4 Å². The molecule has 1 unspecified atom stereocenters. The first-order valence-electron chi connectivity index (χ1n) is 10.7. The molecule has 4 nitrogen and oxygen atoms in total. The minimum atomic E-state index is -2.92. The van der Waals surface area contributed by atoms with Gasteiger partial charge in [-0.25, -0.2) is 4.98 Å².